The van der Waals surface area contributed by atoms with Gasteiger partial charge in [-0.3, -0.25) is 9.59 Å². The third-order valence-corrected chi connectivity index (χ3v) is 9.79. The molecule has 11 heteroatoms. The Morgan fingerprint density at radius 2 is 1.59 bits per heavy atom. The third kappa shape index (κ3) is 8.58. The summed E-state index contributed by atoms with van der Waals surface area (Å²) in [6, 6.07) is 22.5. The predicted octanol–water partition coefficient (Wildman–Crippen LogP) is 7.74. The summed E-state index contributed by atoms with van der Waals surface area (Å²) in [5.74, 6) is -2.70. The van der Waals surface area contributed by atoms with E-state index in [2.05, 4.69) is 5.32 Å². The molecule has 51 heavy (non-hydrogen) atoms. The first-order valence-corrected chi connectivity index (χ1v) is 17.0. The Balaban J connectivity index is 1.19. The van der Waals surface area contributed by atoms with Gasteiger partial charge in [0, 0.05) is 31.4 Å². The average Bonchev–Trinajstić information content (AvgIpc) is 3.63. The fraction of sp³-hybridized carbons (Fsp3) is 0.325. The number of hydrogen-bond acceptors (Lipinski definition) is 4. The van der Waals surface area contributed by atoms with Crippen LogP contribution in [0.15, 0.2) is 91.0 Å². The minimum atomic E-state index is -4.76. The number of ether oxygens (including phenoxy) is 1. The summed E-state index contributed by atoms with van der Waals surface area (Å²) in [5, 5.41) is 12.8. The first-order valence-electron chi connectivity index (χ1n) is 17.0. The fourth-order valence-corrected chi connectivity index (χ4v) is 7.02. The molecule has 2 aliphatic rings. The van der Waals surface area contributed by atoms with E-state index >= 15 is 0 Å². The number of amides is 2. The van der Waals surface area contributed by atoms with Gasteiger partial charge in [0.1, 0.15) is 30.3 Å². The lowest BCUT2D eigenvalue weighted by Gasteiger charge is -2.37. The predicted molar refractivity (Wildman–Crippen MR) is 182 cm³/mol. The van der Waals surface area contributed by atoms with Crippen molar-refractivity contribution in [3.63, 3.8) is 0 Å². The van der Waals surface area contributed by atoms with Crippen LogP contribution < -0.4 is 10.1 Å². The number of hydrogen-bond donors (Lipinski definition) is 2. The van der Waals surface area contributed by atoms with Crippen molar-refractivity contribution >= 4 is 17.8 Å². The molecule has 1 fully saturated rings. The highest BCUT2D eigenvalue weighted by molar-refractivity contribution is 5.91. The second-order valence-electron chi connectivity index (χ2n) is 13.2. The lowest BCUT2D eigenvalue weighted by atomic mass is 9.91. The molecule has 4 aromatic rings. The number of carbonyl (C=O) groups is 3. The normalized spacial score (nSPS) is 16.7. The minimum absolute atomic E-state index is 0.0162. The second kappa shape index (κ2) is 15.4. The summed E-state index contributed by atoms with van der Waals surface area (Å²) in [7, 11) is 0. The first kappa shape index (κ1) is 35.6. The molecule has 0 bridgehead atoms. The molecule has 2 N–H and O–H groups in total. The van der Waals surface area contributed by atoms with Gasteiger partial charge in [-0.25, -0.2) is 9.18 Å². The topological polar surface area (TPSA) is 95.9 Å². The van der Waals surface area contributed by atoms with Crippen LogP contribution in [0.2, 0.25) is 0 Å². The van der Waals surface area contributed by atoms with Crippen LogP contribution >= 0.6 is 0 Å². The number of halogens is 4. The lowest BCUT2D eigenvalue weighted by molar-refractivity contribution is -0.145. The molecule has 0 saturated heterocycles. The van der Waals surface area contributed by atoms with Gasteiger partial charge in [0.25, 0.3) is 0 Å². The van der Waals surface area contributed by atoms with Gasteiger partial charge in [0.05, 0.1) is 5.56 Å². The van der Waals surface area contributed by atoms with Gasteiger partial charge in [-0.1, -0.05) is 79.6 Å². The van der Waals surface area contributed by atoms with Gasteiger partial charge in [-0.2, -0.15) is 13.2 Å². The van der Waals surface area contributed by atoms with E-state index in [4.69, 9.17) is 4.74 Å². The van der Waals surface area contributed by atoms with Crippen molar-refractivity contribution in [1.29, 1.82) is 0 Å². The van der Waals surface area contributed by atoms with Crippen molar-refractivity contribution in [1.82, 2.24) is 10.2 Å². The summed E-state index contributed by atoms with van der Waals surface area (Å²) >= 11 is 0. The molecule has 1 saturated carbocycles. The Hall–Kier alpha value is -5.19. The molecule has 0 radical (unpaired) electrons. The zero-order chi connectivity index (χ0) is 36.1. The number of nitrogens with zero attached hydrogens (tertiary/aromatic N) is 1. The molecule has 1 aliphatic heterocycles. The van der Waals surface area contributed by atoms with Crippen molar-refractivity contribution in [3.8, 4) is 16.9 Å². The van der Waals surface area contributed by atoms with E-state index in [0.29, 0.717) is 11.1 Å². The van der Waals surface area contributed by atoms with E-state index in [1.165, 1.54) is 11.0 Å². The number of benzene rings is 4. The number of rotatable bonds is 11. The number of fused-ring (bicyclic) bond motifs is 1. The summed E-state index contributed by atoms with van der Waals surface area (Å²) in [6.07, 6.45) is -0.518. The van der Waals surface area contributed by atoms with Gasteiger partial charge in [0.2, 0.25) is 11.8 Å². The van der Waals surface area contributed by atoms with E-state index < -0.39 is 53.7 Å². The van der Waals surface area contributed by atoms with Gasteiger partial charge < -0.3 is 20.1 Å². The van der Waals surface area contributed by atoms with Gasteiger partial charge >= 0.3 is 12.1 Å². The molecule has 0 spiro atoms. The average molecular weight is 703 g/mol. The zero-order valence-electron chi connectivity index (χ0n) is 27.8. The molecular formula is C40H38F4N2O5. The van der Waals surface area contributed by atoms with Gasteiger partial charge in [-0.15, -0.1) is 0 Å². The third-order valence-electron chi connectivity index (χ3n) is 9.79. The summed E-state index contributed by atoms with van der Waals surface area (Å²) < 4.78 is 60.6. The van der Waals surface area contributed by atoms with Crippen LogP contribution in [0.4, 0.5) is 17.6 Å². The highest BCUT2D eigenvalue weighted by Gasteiger charge is 2.38. The van der Waals surface area contributed by atoms with Crippen LogP contribution in [0.25, 0.3) is 11.1 Å². The summed E-state index contributed by atoms with van der Waals surface area (Å²) in [5.41, 5.74) is 2.31. The number of alkyl halides is 3. The number of nitrogens with one attached hydrogen (secondary N) is 1. The van der Waals surface area contributed by atoms with E-state index in [1.54, 1.807) is 12.1 Å². The number of aliphatic carboxylic acids is 1. The van der Waals surface area contributed by atoms with E-state index in [-0.39, 0.29) is 43.4 Å². The number of carboxylic acids is 1. The molecular weight excluding hydrogens is 664 g/mol. The maximum Gasteiger partial charge on any atom is 0.416 e. The molecule has 1 heterocycles. The van der Waals surface area contributed by atoms with Crippen LogP contribution in [0.5, 0.6) is 5.75 Å². The Morgan fingerprint density at radius 3 is 2.27 bits per heavy atom. The fourth-order valence-electron chi connectivity index (χ4n) is 7.02. The Kier molecular flexibility index (Phi) is 10.7. The van der Waals surface area contributed by atoms with Crippen LogP contribution in [0, 0.1) is 11.7 Å². The standard InChI is InChI=1S/C40H38F4N2O5/c41-34-12-6-11-33(40(42,43)44)32(34)24-51-31-18-17-29-22-36(46(23-30(29)21-31)37(47)20-25-7-4-5-8-25)38(48)45-35(39(49)50)19-26-13-15-28(16-14-26)27-9-2-1-3-10-27/h1-3,6,9-18,21,25,35-36H,4-5,7-8,19-20,22-24H2,(H,45,48)(H,49,50)/t35-,36-/m0/s1. The lowest BCUT2D eigenvalue weighted by Crippen LogP contribution is -2.56. The molecule has 4 aromatic carbocycles. The van der Waals surface area contributed by atoms with Crippen molar-refractivity contribution < 1.29 is 41.8 Å². The molecule has 0 aromatic heterocycles. The summed E-state index contributed by atoms with van der Waals surface area (Å²) in [4.78, 5) is 41.4. The maximum absolute atomic E-state index is 14.4. The molecule has 0 unspecified atom stereocenters. The van der Waals surface area contributed by atoms with Crippen molar-refractivity contribution in [2.24, 2.45) is 5.92 Å². The van der Waals surface area contributed by atoms with Crippen LogP contribution in [-0.2, 0) is 46.6 Å². The highest BCUT2D eigenvalue weighted by atomic mass is 19.4. The van der Waals surface area contributed by atoms with Crippen molar-refractivity contribution in [2.75, 3.05) is 0 Å². The summed E-state index contributed by atoms with van der Waals surface area (Å²) in [6.45, 7) is -0.649. The quantitative estimate of drug-likeness (QED) is 0.156. The molecule has 2 atom stereocenters. The molecule has 2 amide bonds. The first-order chi connectivity index (χ1) is 24.5. The SMILES string of the molecule is O=C(O)[C@H](Cc1ccc(-c2ccccc2)cc1)NC(=O)[C@@H]1Cc2ccc(OCc3c(F)cccc3C(F)(F)F)cc2CN1C(=O)CC1CCCC1. The maximum atomic E-state index is 14.4. The molecule has 1 aliphatic carbocycles. The van der Waals surface area contributed by atoms with Crippen LogP contribution in [0.3, 0.4) is 0 Å². The second-order valence-corrected chi connectivity index (χ2v) is 13.2. The van der Waals surface area contributed by atoms with E-state index in [0.717, 1.165) is 60.6 Å². The zero-order valence-corrected chi connectivity index (χ0v) is 27.8. The largest absolute Gasteiger partial charge is 0.489 e. The number of carbonyl (C=O) groups excluding carboxylic acids is 2. The molecule has 266 valence electrons. The minimum Gasteiger partial charge on any atom is -0.489 e. The van der Waals surface area contributed by atoms with Crippen LogP contribution in [-0.4, -0.2) is 39.9 Å². The molecule has 6 rings (SSSR count). The van der Waals surface area contributed by atoms with E-state index in [9.17, 15) is 37.1 Å². The van der Waals surface area contributed by atoms with Crippen molar-refractivity contribution in [2.45, 2.75) is 76.4 Å². The molecule has 7 nitrogen and oxygen atoms in total. The van der Waals surface area contributed by atoms with Crippen molar-refractivity contribution in [3.05, 3.63) is 125 Å². The Morgan fingerprint density at radius 1 is 0.882 bits per heavy atom. The number of carboxylic acid groups (broad SMARTS) is 1. The van der Waals surface area contributed by atoms with Gasteiger partial charge in [-0.05, 0) is 70.8 Å². The smallest absolute Gasteiger partial charge is 0.416 e. The highest BCUT2D eigenvalue weighted by Crippen LogP contribution is 2.35. The monoisotopic (exact) mass is 702 g/mol. The van der Waals surface area contributed by atoms with Gasteiger partial charge in [0.15, 0.2) is 0 Å². The van der Waals surface area contributed by atoms with Crippen LogP contribution in [0.1, 0.15) is 59.9 Å². The van der Waals surface area contributed by atoms with E-state index in [1.807, 2.05) is 54.6 Å². The Bertz CT molecular complexity index is 1870. The Labute approximate surface area is 293 Å².